The highest BCUT2D eigenvalue weighted by molar-refractivity contribution is 5.94. The maximum Gasteiger partial charge on any atom is 0.328 e. The second-order valence-corrected chi connectivity index (χ2v) is 6.17. The summed E-state index contributed by atoms with van der Waals surface area (Å²) in [6, 6.07) is 1.24. The van der Waals surface area contributed by atoms with E-state index in [2.05, 4.69) is 11.7 Å². The molecule has 1 aliphatic heterocycles. The molecule has 6 nitrogen and oxygen atoms in total. The van der Waals surface area contributed by atoms with Gasteiger partial charge in [-0.05, 0) is 19.8 Å². The Hall–Kier alpha value is -1.82. The number of aromatic nitrogens is 1. The van der Waals surface area contributed by atoms with Crippen molar-refractivity contribution in [3.05, 3.63) is 24.5 Å². The Balaban J connectivity index is 1.80. The molecule has 1 aliphatic carbocycles. The Labute approximate surface area is 130 Å². The van der Waals surface area contributed by atoms with Crippen molar-refractivity contribution in [2.24, 2.45) is 0 Å². The number of aliphatic hydroxyl groups excluding tert-OH is 1. The number of carbonyl (C=O) groups excluding carboxylic acids is 1. The van der Waals surface area contributed by atoms with E-state index in [9.17, 15) is 9.90 Å². The number of carbonyl (C=O) groups is 1. The van der Waals surface area contributed by atoms with Crippen LogP contribution in [0.5, 0.6) is 0 Å². The summed E-state index contributed by atoms with van der Waals surface area (Å²) in [6.45, 7) is 5.87. The highest BCUT2D eigenvalue weighted by atomic mass is 16.5. The molecule has 120 valence electrons. The van der Waals surface area contributed by atoms with Gasteiger partial charge in [0.2, 0.25) is 0 Å². The summed E-state index contributed by atoms with van der Waals surface area (Å²) in [5, 5.41) is 14.4. The van der Waals surface area contributed by atoms with E-state index >= 15 is 0 Å². The first kappa shape index (κ1) is 15.1. The van der Waals surface area contributed by atoms with Gasteiger partial charge in [0.05, 0.1) is 6.04 Å². The Morgan fingerprint density at radius 3 is 2.86 bits per heavy atom. The molecule has 2 amide bonds. The number of rotatable bonds is 4. The van der Waals surface area contributed by atoms with Crippen LogP contribution in [0.25, 0.3) is 0 Å². The van der Waals surface area contributed by atoms with Crippen LogP contribution in [0.2, 0.25) is 0 Å². The Kier molecular flexibility index (Phi) is 4.20. The van der Waals surface area contributed by atoms with Crippen molar-refractivity contribution in [3.63, 3.8) is 0 Å². The van der Waals surface area contributed by atoms with Gasteiger partial charge in [-0.15, -0.1) is 6.58 Å². The standard InChI is InChI=1S/C16H23N3O3/c1-3-9-18-11(2)15(20)19(16(18)21)14-10-13(22-17-14)12-7-5-4-6-8-12/h3,10-12,15,20H,1,4-9H2,2H3. The predicted molar refractivity (Wildman–Crippen MR) is 82.6 cm³/mol. The van der Waals surface area contributed by atoms with Crippen LogP contribution in [0.15, 0.2) is 23.2 Å². The molecule has 0 spiro atoms. The predicted octanol–water partition coefficient (Wildman–Crippen LogP) is 2.86. The van der Waals surface area contributed by atoms with Gasteiger partial charge in [-0.3, -0.25) is 0 Å². The third-order valence-corrected chi connectivity index (χ3v) is 4.74. The van der Waals surface area contributed by atoms with Crippen LogP contribution in [0.4, 0.5) is 10.6 Å². The Morgan fingerprint density at radius 1 is 1.45 bits per heavy atom. The lowest BCUT2D eigenvalue weighted by molar-refractivity contribution is 0.132. The van der Waals surface area contributed by atoms with E-state index < -0.39 is 6.23 Å². The van der Waals surface area contributed by atoms with Crippen molar-refractivity contribution in [2.45, 2.75) is 57.2 Å². The number of amides is 2. The van der Waals surface area contributed by atoms with Gasteiger partial charge < -0.3 is 14.5 Å². The average Bonchev–Trinajstić information content (AvgIpc) is 3.09. The molecule has 0 radical (unpaired) electrons. The minimum atomic E-state index is -0.920. The van der Waals surface area contributed by atoms with Crippen molar-refractivity contribution in [2.75, 3.05) is 11.4 Å². The van der Waals surface area contributed by atoms with Crippen molar-refractivity contribution in [1.82, 2.24) is 10.1 Å². The molecule has 2 fully saturated rings. The summed E-state index contributed by atoms with van der Waals surface area (Å²) >= 11 is 0. The average molecular weight is 305 g/mol. The fourth-order valence-corrected chi connectivity index (χ4v) is 3.39. The number of urea groups is 1. The van der Waals surface area contributed by atoms with Gasteiger partial charge in [0, 0.05) is 18.5 Å². The SMILES string of the molecule is C=CCN1C(=O)N(c2cc(C3CCCCC3)on2)C(O)C1C. The maximum absolute atomic E-state index is 12.5. The number of nitrogens with zero attached hydrogens (tertiary/aromatic N) is 3. The quantitative estimate of drug-likeness (QED) is 0.868. The highest BCUT2D eigenvalue weighted by Gasteiger charge is 2.44. The summed E-state index contributed by atoms with van der Waals surface area (Å²) in [6.07, 6.45) is 6.62. The molecule has 0 aromatic carbocycles. The normalized spacial score (nSPS) is 26.7. The first-order valence-corrected chi connectivity index (χ1v) is 7.99. The lowest BCUT2D eigenvalue weighted by Crippen LogP contribution is -2.35. The maximum atomic E-state index is 12.5. The van der Waals surface area contributed by atoms with Gasteiger partial charge in [0.25, 0.3) is 0 Å². The topological polar surface area (TPSA) is 69.8 Å². The molecule has 2 atom stereocenters. The Bertz CT molecular complexity index is 551. The van der Waals surface area contributed by atoms with Gasteiger partial charge in [-0.1, -0.05) is 30.5 Å². The van der Waals surface area contributed by atoms with E-state index in [4.69, 9.17) is 4.52 Å². The second-order valence-electron chi connectivity index (χ2n) is 6.17. The van der Waals surface area contributed by atoms with E-state index in [1.807, 2.05) is 6.92 Å². The van der Waals surface area contributed by atoms with Gasteiger partial charge >= 0.3 is 6.03 Å². The first-order chi connectivity index (χ1) is 10.6. The summed E-state index contributed by atoms with van der Waals surface area (Å²) in [5.41, 5.74) is 0. The first-order valence-electron chi connectivity index (χ1n) is 7.99. The molecule has 0 bridgehead atoms. The third kappa shape index (κ3) is 2.52. The molecule has 1 aromatic rings. The molecule has 1 N–H and O–H groups in total. The fourth-order valence-electron chi connectivity index (χ4n) is 3.39. The zero-order valence-electron chi connectivity index (χ0n) is 12.9. The van der Waals surface area contributed by atoms with Gasteiger partial charge in [-0.25, -0.2) is 9.69 Å². The number of hydrogen-bond donors (Lipinski definition) is 1. The lowest BCUT2D eigenvalue weighted by Gasteiger charge is -2.18. The zero-order chi connectivity index (χ0) is 15.7. The van der Waals surface area contributed by atoms with Crippen LogP contribution < -0.4 is 4.90 Å². The highest BCUT2D eigenvalue weighted by Crippen LogP contribution is 2.35. The summed E-state index contributed by atoms with van der Waals surface area (Å²) in [4.78, 5) is 15.4. The van der Waals surface area contributed by atoms with Crippen molar-refractivity contribution >= 4 is 11.8 Å². The molecule has 3 rings (SSSR count). The molecule has 22 heavy (non-hydrogen) atoms. The van der Waals surface area contributed by atoms with Crippen LogP contribution in [0, 0.1) is 0 Å². The fraction of sp³-hybridized carbons (Fsp3) is 0.625. The van der Waals surface area contributed by atoms with E-state index in [0.717, 1.165) is 18.6 Å². The van der Waals surface area contributed by atoms with Gasteiger partial charge in [0.1, 0.15) is 5.76 Å². The van der Waals surface area contributed by atoms with Crippen LogP contribution in [0.3, 0.4) is 0 Å². The molecule has 1 saturated carbocycles. The Morgan fingerprint density at radius 2 is 2.18 bits per heavy atom. The smallest absolute Gasteiger partial charge is 0.328 e. The number of aliphatic hydroxyl groups is 1. The van der Waals surface area contributed by atoms with E-state index in [-0.39, 0.29) is 12.1 Å². The van der Waals surface area contributed by atoms with Crippen molar-refractivity contribution < 1.29 is 14.4 Å². The molecule has 1 saturated heterocycles. The molecule has 1 aromatic heterocycles. The molecule has 2 aliphatic rings. The van der Waals surface area contributed by atoms with Crippen molar-refractivity contribution in [1.29, 1.82) is 0 Å². The number of hydrogen-bond acceptors (Lipinski definition) is 4. The molecule has 6 heteroatoms. The van der Waals surface area contributed by atoms with Crippen LogP contribution >= 0.6 is 0 Å². The van der Waals surface area contributed by atoms with Gasteiger partial charge in [-0.2, -0.15) is 0 Å². The van der Waals surface area contributed by atoms with E-state index in [1.54, 1.807) is 17.0 Å². The second kappa shape index (κ2) is 6.12. The molecule has 2 unspecified atom stereocenters. The monoisotopic (exact) mass is 305 g/mol. The van der Waals surface area contributed by atoms with E-state index in [1.165, 1.54) is 24.2 Å². The molecule has 2 heterocycles. The molecular weight excluding hydrogens is 282 g/mol. The number of anilines is 1. The largest absolute Gasteiger partial charge is 0.371 e. The minimum absolute atomic E-state index is 0.261. The molecular formula is C16H23N3O3. The van der Waals surface area contributed by atoms with Crippen molar-refractivity contribution in [3.8, 4) is 0 Å². The van der Waals surface area contributed by atoms with Crippen LogP contribution in [0.1, 0.15) is 50.7 Å². The van der Waals surface area contributed by atoms with Crippen LogP contribution in [-0.4, -0.2) is 40.0 Å². The van der Waals surface area contributed by atoms with Gasteiger partial charge in [0.15, 0.2) is 12.0 Å². The summed E-state index contributed by atoms with van der Waals surface area (Å²) in [7, 11) is 0. The minimum Gasteiger partial charge on any atom is -0.371 e. The lowest BCUT2D eigenvalue weighted by atomic mass is 9.87. The summed E-state index contributed by atoms with van der Waals surface area (Å²) < 4.78 is 5.45. The van der Waals surface area contributed by atoms with Crippen LogP contribution in [-0.2, 0) is 0 Å². The zero-order valence-corrected chi connectivity index (χ0v) is 12.9. The summed E-state index contributed by atoms with van der Waals surface area (Å²) in [5.74, 6) is 1.60. The third-order valence-electron chi connectivity index (χ3n) is 4.74. The van der Waals surface area contributed by atoms with E-state index in [0.29, 0.717) is 18.3 Å².